The Hall–Kier alpha value is -5.61. The van der Waals surface area contributed by atoms with E-state index >= 15 is 0 Å². The molecule has 55 heavy (non-hydrogen) atoms. The van der Waals surface area contributed by atoms with Gasteiger partial charge in [0.1, 0.15) is 29.0 Å². The third kappa shape index (κ3) is 9.38. The van der Waals surface area contributed by atoms with Crippen molar-refractivity contribution < 1.29 is 38.1 Å². The molecule has 0 bridgehead atoms. The SMILES string of the molecule is COc1ccc(N(C(=O)Nc2ccc(F)cc2)C(C)c2nc3cc(Cl)ccc3c(=O)n2N2CCN(C(=O)[C@@H](NC(=O)OC(C)(C)C)[C@H](C)O)CC2)c(OC)c1. The fourth-order valence-electron chi connectivity index (χ4n) is 6.16. The molecule has 1 aliphatic rings. The number of aliphatic hydroxyl groups is 1. The third-order valence-corrected chi connectivity index (χ3v) is 9.06. The molecule has 0 radical (unpaired) electrons. The van der Waals surface area contributed by atoms with Crippen molar-refractivity contribution in [3.63, 3.8) is 0 Å². The van der Waals surface area contributed by atoms with Gasteiger partial charge in [0.2, 0.25) is 5.91 Å². The first-order chi connectivity index (χ1) is 26.0. The first-order valence-electron chi connectivity index (χ1n) is 17.5. The van der Waals surface area contributed by atoms with Crippen molar-refractivity contribution in [3.05, 3.63) is 87.7 Å². The summed E-state index contributed by atoms with van der Waals surface area (Å²) < 4.78 is 31.5. The first kappa shape index (κ1) is 40.6. The summed E-state index contributed by atoms with van der Waals surface area (Å²) >= 11 is 6.35. The normalized spacial score (nSPS) is 14.8. The maximum atomic E-state index is 14.4. The summed E-state index contributed by atoms with van der Waals surface area (Å²) in [4.78, 5) is 62.6. The van der Waals surface area contributed by atoms with Crippen molar-refractivity contribution in [2.75, 3.05) is 55.6 Å². The van der Waals surface area contributed by atoms with E-state index in [0.29, 0.717) is 22.1 Å². The van der Waals surface area contributed by atoms with E-state index in [1.165, 1.54) is 59.9 Å². The standard InChI is InChI=1S/C38H45ClFN7O8/c1-22(46(30-15-13-27(53-6)21-31(30)54-7)36(51)41-26-11-9-25(40)10-12-26)33-42-29-20-24(39)8-14-28(29)34(49)47(33)45-18-16-44(17-19-45)35(50)32(23(2)48)43-37(52)55-38(3,4)5/h8-15,20-23,32,48H,16-19H2,1-7H3,(H,41,51)(H,43,52)/t22?,23-,32-/m0/s1. The number of nitrogens with zero attached hydrogens (tertiary/aromatic N) is 5. The molecule has 0 aliphatic carbocycles. The van der Waals surface area contributed by atoms with Crippen LogP contribution < -0.4 is 35.6 Å². The lowest BCUT2D eigenvalue weighted by Gasteiger charge is -2.40. The van der Waals surface area contributed by atoms with Gasteiger partial charge in [0, 0.05) is 29.9 Å². The van der Waals surface area contributed by atoms with Gasteiger partial charge in [-0.25, -0.2) is 23.6 Å². The number of anilines is 2. The smallest absolute Gasteiger partial charge is 0.408 e. The summed E-state index contributed by atoms with van der Waals surface area (Å²) in [5.74, 6) is -0.110. The van der Waals surface area contributed by atoms with E-state index in [2.05, 4.69) is 10.6 Å². The fraction of sp³-hybridized carbons (Fsp3) is 0.395. The number of ether oxygens (including phenoxy) is 3. The number of hydrogen-bond donors (Lipinski definition) is 3. The molecule has 0 spiro atoms. The molecule has 15 nitrogen and oxygen atoms in total. The van der Waals surface area contributed by atoms with Gasteiger partial charge >= 0.3 is 12.1 Å². The van der Waals surface area contributed by atoms with E-state index in [9.17, 15) is 28.7 Å². The third-order valence-electron chi connectivity index (χ3n) is 8.83. The summed E-state index contributed by atoms with van der Waals surface area (Å²) in [6, 6.07) is 12.0. The topological polar surface area (TPSA) is 168 Å². The summed E-state index contributed by atoms with van der Waals surface area (Å²) in [7, 11) is 2.94. The van der Waals surface area contributed by atoms with Crippen LogP contribution in [0.5, 0.6) is 11.5 Å². The molecule has 3 aromatic carbocycles. The Kier molecular flexibility index (Phi) is 12.4. The fourth-order valence-corrected chi connectivity index (χ4v) is 6.32. The number of carbonyl (C=O) groups is 3. The molecular formula is C38H45ClFN7O8. The first-order valence-corrected chi connectivity index (χ1v) is 17.9. The van der Waals surface area contributed by atoms with Gasteiger partial charge in [-0.2, -0.15) is 0 Å². The van der Waals surface area contributed by atoms with Gasteiger partial charge in [-0.15, -0.1) is 0 Å². The zero-order valence-corrected chi connectivity index (χ0v) is 32.4. The van der Waals surface area contributed by atoms with Crippen LogP contribution in [0.1, 0.15) is 46.5 Å². The van der Waals surface area contributed by atoms with Gasteiger partial charge < -0.3 is 39.9 Å². The second-order valence-electron chi connectivity index (χ2n) is 13.9. The van der Waals surface area contributed by atoms with Gasteiger partial charge in [0.05, 0.1) is 56.0 Å². The largest absolute Gasteiger partial charge is 0.497 e. The molecular weight excluding hydrogens is 737 g/mol. The maximum absolute atomic E-state index is 14.4. The van der Waals surface area contributed by atoms with Crippen molar-refractivity contribution in [1.29, 1.82) is 0 Å². The van der Waals surface area contributed by atoms with Crippen molar-refractivity contribution in [2.45, 2.75) is 58.4 Å². The maximum Gasteiger partial charge on any atom is 0.408 e. The molecule has 1 saturated heterocycles. The molecule has 17 heteroatoms. The molecule has 294 valence electrons. The highest BCUT2D eigenvalue weighted by atomic mass is 35.5. The van der Waals surface area contributed by atoms with Gasteiger partial charge in [-0.1, -0.05) is 11.6 Å². The summed E-state index contributed by atoms with van der Waals surface area (Å²) in [5.41, 5.74) is -0.363. The second kappa shape index (κ2) is 16.8. The predicted molar refractivity (Wildman–Crippen MR) is 206 cm³/mol. The van der Waals surface area contributed by atoms with E-state index in [-0.39, 0.29) is 48.7 Å². The molecule has 3 atom stereocenters. The molecule has 1 aliphatic heterocycles. The molecule has 4 aromatic rings. The van der Waals surface area contributed by atoms with E-state index < -0.39 is 53.2 Å². The van der Waals surface area contributed by atoms with Gasteiger partial charge in [0.25, 0.3) is 5.56 Å². The van der Waals surface area contributed by atoms with E-state index in [0.717, 1.165) is 0 Å². The number of alkyl carbamates (subject to hydrolysis) is 1. The Bertz CT molecular complexity index is 2100. The molecule has 1 aromatic heterocycles. The lowest BCUT2D eigenvalue weighted by molar-refractivity contribution is -0.136. The zero-order chi connectivity index (χ0) is 40.2. The van der Waals surface area contributed by atoms with Crippen molar-refractivity contribution in [3.8, 4) is 11.5 Å². The minimum absolute atomic E-state index is 0.109. The van der Waals surface area contributed by atoms with Crippen LogP contribution >= 0.6 is 11.6 Å². The number of rotatable bonds is 10. The molecule has 4 amide bonds. The van der Waals surface area contributed by atoms with Crippen molar-refractivity contribution in [2.24, 2.45) is 0 Å². The number of hydrogen-bond acceptors (Lipinski definition) is 10. The summed E-state index contributed by atoms with van der Waals surface area (Å²) in [6.45, 7) is 8.63. The van der Waals surface area contributed by atoms with Crippen LogP contribution in [0, 0.1) is 5.82 Å². The van der Waals surface area contributed by atoms with E-state index in [1.807, 2.05) is 0 Å². The van der Waals surface area contributed by atoms with Crippen molar-refractivity contribution >= 4 is 51.9 Å². The number of aromatic nitrogens is 2. The number of piperazine rings is 1. The van der Waals surface area contributed by atoms with Gasteiger partial charge in [-0.3, -0.25) is 14.5 Å². The van der Waals surface area contributed by atoms with E-state index in [4.69, 9.17) is 30.8 Å². The Morgan fingerprint density at radius 1 is 0.964 bits per heavy atom. The molecule has 0 saturated carbocycles. The number of halogens is 2. The number of aliphatic hydroxyl groups excluding tert-OH is 1. The molecule has 3 N–H and O–H groups in total. The Labute approximate surface area is 322 Å². The summed E-state index contributed by atoms with van der Waals surface area (Å²) in [6.07, 6.45) is -2.08. The number of carbonyl (C=O) groups excluding carboxylic acids is 3. The van der Waals surface area contributed by atoms with Crippen LogP contribution in [-0.2, 0) is 9.53 Å². The van der Waals surface area contributed by atoms with Crippen LogP contribution in [0.25, 0.3) is 10.9 Å². The number of urea groups is 1. The number of nitrogens with one attached hydrogen (secondary N) is 2. The molecule has 1 unspecified atom stereocenters. The minimum Gasteiger partial charge on any atom is -0.497 e. The lowest BCUT2D eigenvalue weighted by atomic mass is 10.1. The minimum atomic E-state index is -1.28. The van der Waals surface area contributed by atoms with Crippen molar-refractivity contribution in [1.82, 2.24) is 19.9 Å². The highest BCUT2D eigenvalue weighted by Gasteiger charge is 2.36. The van der Waals surface area contributed by atoms with E-state index in [1.54, 1.807) is 69.1 Å². The average molecular weight is 782 g/mol. The Morgan fingerprint density at radius 2 is 1.64 bits per heavy atom. The monoisotopic (exact) mass is 781 g/mol. The number of methoxy groups -OCH3 is 2. The Balaban J connectivity index is 1.54. The number of amides is 4. The Morgan fingerprint density at radius 3 is 2.24 bits per heavy atom. The van der Waals surface area contributed by atoms with Gasteiger partial charge in [0.15, 0.2) is 5.82 Å². The van der Waals surface area contributed by atoms with Crippen LogP contribution in [0.2, 0.25) is 5.02 Å². The van der Waals surface area contributed by atoms with Crippen LogP contribution in [0.3, 0.4) is 0 Å². The molecule has 5 rings (SSSR count). The highest BCUT2D eigenvalue weighted by Crippen LogP contribution is 2.37. The highest BCUT2D eigenvalue weighted by molar-refractivity contribution is 6.31. The number of benzene rings is 3. The quantitative estimate of drug-likeness (QED) is 0.198. The second-order valence-corrected chi connectivity index (χ2v) is 14.3. The zero-order valence-electron chi connectivity index (χ0n) is 31.6. The van der Waals surface area contributed by atoms with Crippen LogP contribution in [0.15, 0.2) is 65.5 Å². The summed E-state index contributed by atoms with van der Waals surface area (Å²) in [5, 5.41) is 18.1. The van der Waals surface area contributed by atoms with Gasteiger partial charge in [-0.05, 0) is 89.2 Å². The van der Waals surface area contributed by atoms with Crippen LogP contribution in [-0.4, -0.2) is 95.8 Å². The number of fused-ring (bicyclic) bond motifs is 1. The molecule has 2 heterocycles. The predicted octanol–water partition coefficient (Wildman–Crippen LogP) is 5.06. The molecule has 1 fully saturated rings. The lowest BCUT2D eigenvalue weighted by Crippen LogP contribution is -2.61. The average Bonchev–Trinajstić information content (AvgIpc) is 3.13. The van der Waals surface area contributed by atoms with Crippen LogP contribution in [0.4, 0.5) is 25.4 Å².